The molecular formula is C20H24N2O5S2. The summed E-state index contributed by atoms with van der Waals surface area (Å²) in [5, 5.41) is 1.93. The van der Waals surface area contributed by atoms with E-state index in [1.807, 2.05) is 17.5 Å². The van der Waals surface area contributed by atoms with Gasteiger partial charge in [-0.05, 0) is 42.5 Å². The first kappa shape index (κ1) is 21.5. The van der Waals surface area contributed by atoms with E-state index >= 15 is 0 Å². The topological polar surface area (TPSA) is 84.0 Å². The van der Waals surface area contributed by atoms with Crippen molar-refractivity contribution in [2.45, 2.75) is 30.7 Å². The van der Waals surface area contributed by atoms with E-state index in [-0.39, 0.29) is 16.4 Å². The van der Waals surface area contributed by atoms with Gasteiger partial charge in [0.05, 0.1) is 17.0 Å². The van der Waals surface area contributed by atoms with E-state index in [0.29, 0.717) is 19.6 Å². The second-order valence-corrected chi connectivity index (χ2v) is 9.87. The van der Waals surface area contributed by atoms with E-state index in [2.05, 4.69) is 0 Å². The molecule has 0 aliphatic carbocycles. The standard InChI is InChI=1S/C20H24N2O5S2/c1-21(14-17-8-6-12-28-17)19(23)15-27-20(24)16-7-5-9-18(13-16)29(25,26)22-10-3-2-4-11-22/h5-9,12-13H,2-4,10-11,14-15H2,1H3. The van der Waals surface area contributed by atoms with E-state index in [4.69, 9.17) is 4.74 Å². The van der Waals surface area contributed by atoms with Gasteiger partial charge in [0.15, 0.2) is 6.61 Å². The molecule has 1 aromatic carbocycles. The predicted molar refractivity (Wildman–Crippen MR) is 110 cm³/mol. The van der Waals surface area contributed by atoms with E-state index in [1.165, 1.54) is 33.5 Å². The zero-order valence-electron chi connectivity index (χ0n) is 16.2. The molecule has 0 unspecified atom stereocenters. The summed E-state index contributed by atoms with van der Waals surface area (Å²) in [6.07, 6.45) is 2.69. The summed E-state index contributed by atoms with van der Waals surface area (Å²) in [7, 11) is -2.00. The van der Waals surface area contributed by atoms with Gasteiger partial charge in [-0.2, -0.15) is 4.31 Å². The highest BCUT2D eigenvalue weighted by Crippen LogP contribution is 2.21. The summed E-state index contributed by atoms with van der Waals surface area (Å²) in [6.45, 7) is 1.02. The number of hydrogen-bond donors (Lipinski definition) is 0. The van der Waals surface area contributed by atoms with Crippen molar-refractivity contribution in [3.63, 3.8) is 0 Å². The first-order valence-corrected chi connectivity index (χ1v) is 11.7. The molecule has 1 amide bonds. The Hall–Kier alpha value is -2.23. The van der Waals surface area contributed by atoms with Gasteiger partial charge in [0.2, 0.25) is 10.0 Å². The molecule has 0 spiro atoms. The maximum Gasteiger partial charge on any atom is 0.338 e. The molecule has 0 N–H and O–H groups in total. The van der Waals surface area contributed by atoms with Crippen LogP contribution in [0, 0.1) is 0 Å². The van der Waals surface area contributed by atoms with Gasteiger partial charge in [0.1, 0.15) is 0 Å². The second kappa shape index (κ2) is 9.51. The molecule has 9 heteroatoms. The first-order chi connectivity index (χ1) is 13.9. The Kier molecular flexibility index (Phi) is 7.05. The van der Waals surface area contributed by atoms with Gasteiger partial charge in [0, 0.05) is 25.0 Å². The molecule has 1 aliphatic heterocycles. The maximum absolute atomic E-state index is 12.8. The number of benzene rings is 1. The average molecular weight is 437 g/mol. The van der Waals surface area contributed by atoms with Crippen LogP contribution < -0.4 is 0 Å². The van der Waals surface area contributed by atoms with Crippen LogP contribution in [0.25, 0.3) is 0 Å². The number of carbonyl (C=O) groups excluding carboxylic acids is 2. The highest BCUT2D eigenvalue weighted by Gasteiger charge is 2.26. The van der Waals surface area contributed by atoms with Crippen LogP contribution in [-0.2, 0) is 26.1 Å². The fourth-order valence-corrected chi connectivity index (χ4v) is 5.40. The zero-order valence-corrected chi connectivity index (χ0v) is 17.9. The summed E-state index contributed by atoms with van der Waals surface area (Å²) < 4.78 is 32.1. The number of amides is 1. The highest BCUT2D eigenvalue weighted by molar-refractivity contribution is 7.89. The predicted octanol–water partition coefficient (Wildman–Crippen LogP) is 2.74. The van der Waals surface area contributed by atoms with Crippen LogP contribution in [0.5, 0.6) is 0 Å². The Morgan fingerprint density at radius 3 is 2.59 bits per heavy atom. The zero-order chi connectivity index (χ0) is 20.9. The SMILES string of the molecule is CN(Cc1cccs1)C(=O)COC(=O)c1cccc(S(=O)(=O)N2CCCCC2)c1. The van der Waals surface area contributed by atoms with Gasteiger partial charge in [-0.3, -0.25) is 4.79 Å². The van der Waals surface area contributed by atoms with Crippen molar-refractivity contribution in [3.05, 3.63) is 52.2 Å². The molecule has 0 radical (unpaired) electrons. The number of ether oxygens (including phenoxy) is 1. The molecule has 2 heterocycles. The van der Waals surface area contributed by atoms with Crippen molar-refractivity contribution in [1.29, 1.82) is 0 Å². The molecule has 1 fully saturated rings. The molecular weight excluding hydrogens is 412 g/mol. The largest absolute Gasteiger partial charge is 0.452 e. The number of sulfonamides is 1. The van der Waals surface area contributed by atoms with E-state index < -0.39 is 22.6 Å². The number of carbonyl (C=O) groups is 2. The number of esters is 1. The van der Waals surface area contributed by atoms with Crippen LogP contribution in [0.1, 0.15) is 34.5 Å². The molecule has 0 atom stereocenters. The second-order valence-electron chi connectivity index (χ2n) is 6.90. The fourth-order valence-electron chi connectivity index (χ4n) is 3.08. The molecule has 0 saturated carbocycles. The van der Waals surface area contributed by atoms with Crippen LogP contribution in [-0.4, -0.2) is 56.2 Å². The molecule has 1 saturated heterocycles. The molecule has 29 heavy (non-hydrogen) atoms. The van der Waals surface area contributed by atoms with E-state index in [0.717, 1.165) is 24.1 Å². The Balaban J connectivity index is 1.61. The van der Waals surface area contributed by atoms with Crippen molar-refractivity contribution < 1.29 is 22.7 Å². The summed E-state index contributed by atoms with van der Waals surface area (Å²) >= 11 is 1.54. The van der Waals surface area contributed by atoms with Crippen LogP contribution in [0.15, 0.2) is 46.7 Å². The third kappa shape index (κ3) is 5.43. The third-order valence-electron chi connectivity index (χ3n) is 4.75. The van der Waals surface area contributed by atoms with E-state index in [9.17, 15) is 18.0 Å². The lowest BCUT2D eigenvalue weighted by molar-refractivity contribution is -0.133. The van der Waals surface area contributed by atoms with Crippen molar-refractivity contribution >= 4 is 33.2 Å². The molecule has 156 valence electrons. The van der Waals surface area contributed by atoms with Crippen molar-refractivity contribution in [2.75, 3.05) is 26.7 Å². The Labute approximate surface area is 174 Å². The first-order valence-electron chi connectivity index (χ1n) is 9.41. The van der Waals surface area contributed by atoms with Crippen molar-refractivity contribution in [3.8, 4) is 0 Å². The van der Waals surface area contributed by atoms with Gasteiger partial charge in [-0.1, -0.05) is 18.6 Å². The van der Waals surface area contributed by atoms with Crippen molar-refractivity contribution in [2.24, 2.45) is 0 Å². The maximum atomic E-state index is 12.8. The molecule has 7 nitrogen and oxygen atoms in total. The minimum Gasteiger partial charge on any atom is -0.452 e. The molecule has 1 aromatic heterocycles. The van der Waals surface area contributed by atoms with Crippen LogP contribution >= 0.6 is 11.3 Å². The number of thiophene rings is 1. The summed E-state index contributed by atoms with van der Waals surface area (Å²) in [5.41, 5.74) is 0.108. The lowest BCUT2D eigenvalue weighted by Crippen LogP contribution is -2.35. The Bertz CT molecular complexity index is 951. The van der Waals surface area contributed by atoms with E-state index in [1.54, 1.807) is 18.4 Å². The lowest BCUT2D eigenvalue weighted by Gasteiger charge is -2.26. The minimum absolute atomic E-state index is 0.0648. The molecule has 2 aromatic rings. The highest BCUT2D eigenvalue weighted by atomic mass is 32.2. The number of likely N-dealkylation sites (N-methyl/N-ethyl adjacent to an activating group) is 1. The van der Waals surface area contributed by atoms with Gasteiger partial charge in [-0.15, -0.1) is 11.3 Å². The smallest absolute Gasteiger partial charge is 0.338 e. The number of piperidine rings is 1. The number of nitrogens with zero attached hydrogens (tertiary/aromatic N) is 2. The molecule has 0 bridgehead atoms. The lowest BCUT2D eigenvalue weighted by atomic mass is 10.2. The van der Waals surface area contributed by atoms with Crippen LogP contribution in [0.4, 0.5) is 0 Å². The fraction of sp³-hybridized carbons (Fsp3) is 0.400. The Morgan fingerprint density at radius 1 is 1.14 bits per heavy atom. The Morgan fingerprint density at radius 2 is 1.90 bits per heavy atom. The van der Waals surface area contributed by atoms with Crippen LogP contribution in [0.2, 0.25) is 0 Å². The minimum atomic E-state index is -3.64. The number of hydrogen-bond acceptors (Lipinski definition) is 6. The molecule has 1 aliphatic rings. The van der Waals surface area contributed by atoms with Gasteiger partial charge >= 0.3 is 5.97 Å². The van der Waals surface area contributed by atoms with Crippen molar-refractivity contribution in [1.82, 2.24) is 9.21 Å². The monoisotopic (exact) mass is 436 g/mol. The summed E-state index contributed by atoms with van der Waals surface area (Å²) in [6, 6.07) is 9.61. The normalized spacial score (nSPS) is 15.1. The molecule has 3 rings (SSSR count). The van der Waals surface area contributed by atoms with Crippen LogP contribution in [0.3, 0.4) is 0 Å². The summed E-state index contributed by atoms with van der Waals surface area (Å²) in [4.78, 5) is 27.1. The quantitative estimate of drug-likeness (QED) is 0.623. The van der Waals surface area contributed by atoms with Gasteiger partial charge < -0.3 is 9.64 Å². The average Bonchev–Trinajstić information content (AvgIpc) is 3.25. The summed E-state index contributed by atoms with van der Waals surface area (Å²) in [5.74, 6) is -1.05. The number of rotatable bonds is 7. The van der Waals surface area contributed by atoms with Gasteiger partial charge in [-0.25, -0.2) is 13.2 Å². The third-order valence-corrected chi connectivity index (χ3v) is 7.50. The van der Waals surface area contributed by atoms with Gasteiger partial charge in [0.25, 0.3) is 5.91 Å².